The van der Waals surface area contributed by atoms with Crippen LogP contribution >= 0.6 is 11.8 Å². The van der Waals surface area contributed by atoms with E-state index in [4.69, 9.17) is 0 Å². The molecule has 7 heteroatoms. The fourth-order valence-corrected chi connectivity index (χ4v) is 3.21. The molecule has 20 heavy (non-hydrogen) atoms. The van der Waals surface area contributed by atoms with Crippen LogP contribution in [-0.2, 0) is 25.3 Å². The Kier molecular flexibility index (Phi) is 3.16. The summed E-state index contributed by atoms with van der Waals surface area (Å²) in [6.07, 6.45) is 2.42. The number of carbonyl (C=O) groups excluding carboxylic acids is 1. The van der Waals surface area contributed by atoms with Gasteiger partial charge in [-0.3, -0.25) is 18.7 Å². The van der Waals surface area contributed by atoms with Gasteiger partial charge < -0.3 is 0 Å². The lowest BCUT2D eigenvalue weighted by molar-refractivity contribution is -0.117. The standard InChI is InChI=1S/C13H15N3O3S/c1-15-11-8(12(18)16(2)13(15)19)5-10(14-11)20-6-9(17)7-3-4-7/h7H,3-6H2,1-2H3. The molecule has 0 unspecified atom stereocenters. The van der Waals surface area contributed by atoms with Gasteiger partial charge in [0.15, 0.2) is 0 Å². The summed E-state index contributed by atoms with van der Waals surface area (Å²) in [5, 5.41) is 0.743. The Hall–Kier alpha value is -1.63. The largest absolute Gasteiger partial charge is 0.332 e. The van der Waals surface area contributed by atoms with Crippen LogP contribution in [-0.4, -0.2) is 25.7 Å². The molecule has 0 N–H and O–H groups in total. The Morgan fingerprint density at radius 3 is 2.65 bits per heavy atom. The third kappa shape index (κ3) is 2.15. The molecule has 1 saturated carbocycles. The van der Waals surface area contributed by atoms with Crippen molar-refractivity contribution in [2.24, 2.45) is 25.0 Å². The van der Waals surface area contributed by atoms with Crippen molar-refractivity contribution in [2.45, 2.75) is 19.3 Å². The van der Waals surface area contributed by atoms with Crippen molar-refractivity contribution in [1.82, 2.24) is 9.13 Å². The zero-order valence-corrected chi connectivity index (χ0v) is 12.2. The molecule has 0 atom stereocenters. The maximum atomic E-state index is 12.0. The van der Waals surface area contributed by atoms with E-state index in [1.807, 2.05) is 0 Å². The van der Waals surface area contributed by atoms with E-state index in [2.05, 4.69) is 4.99 Å². The molecule has 0 saturated heterocycles. The van der Waals surface area contributed by atoms with Gasteiger partial charge in [-0.05, 0) is 12.8 Å². The number of Topliss-reactive ketones (excluding diaryl/α,β-unsaturated/α-hetero) is 1. The summed E-state index contributed by atoms with van der Waals surface area (Å²) in [6, 6.07) is 0. The first-order valence-corrected chi connectivity index (χ1v) is 7.49. The lowest BCUT2D eigenvalue weighted by atomic mass is 10.2. The SMILES string of the molecule is Cn1c2c(c(=O)n(C)c1=O)CC(SCC(=O)C1CC1)=N2. The zero-order chi connectivity index (χ0) is 14.4. The lowest BCUT2D eigenvalue weighted by Crippen LogP contribution is -2.38. The molecule has 2 heterocycles. The van der Waals surface area contributed by atoms with Gasteiger partial charge in [0.05, 0.1) is 16.4 Å². The van der Waals surface area contributed by atoms with Crippen LogP contribution in [0.4, 0.5) is 5.82 Å². The van der Waals surface area contributed by atoms with Crippen LogP contribution in [0, 0.1) is 5.92 Å². The van der Waals surface area contributed by atoms with Crippen molar-refractivity contribution in [2.75, 3.05) is 5.75 Å². The number of nitrogens with zero attached hydrogens (tertiary/aromatic N) is 3. The second-order valence-electron chi connectivity index (χ2n) is 5.22. The van der Waals surface area contributed by atoms with Crippen LogP contribution in [0.5, 0.6) is 0 Å². The third-order valence-electron chi connectivity index (χ3n) is 3.70. The Labute approximate surface area is 119 Å². The van der Waals surface area contributed by atoms with Gasteiger partial charge in [0.2, 0.25) is 0 Å². The summed E-state index contributed by atoms with van der Waals surface area (Å²) in [4.78, 5) is 39.9. The van der Waals surface area contributed by atoms with Crippen LogP contribution < -0.4 is 11.2 Å². The molecule has 106 valence electrons. The van der Waals surface area contributed by atoms with Crippen LogP contribution in [0.15, 0.2) is 14.6 Å². The predicted molar refractivity (Wildman–Crippen MR) is 77.9 cm³/mol. The number of aromatic nitrogens is 2. The van der Waals surface area contributed by atoms with Gasteiger partial charge in [-0.1, -0.05) is 0 Å². The van der Waals surface area contributed by atoms with E-state index in [1.54, 1.807) is 7.05 Å². The molecule has 0 spiro atoms. The monoisotopic (exact) mass is 293 g/mol. The quantitative estimate of drug-likeness (QED) is 0.807. The summed E-state index contributed by atoms with van der Waals surface area (Å²) in [5.41, 5.74) is -0.134. The highest BCUT2D eigenvalue weighted by molar-refractivity contribution is 8.14. The molecule has 2 aliphatic rings. The first-order chi connectivity index (χ1) is 9.49. The first-order valence-electron chi connectivity index (χ1n) is 6.51. The molecule has 1 aliphatic heterocycles. The summed E-state index contributed by atoms with van der Waals surface area (Å²) in [5.74, 6) is 1.34. The number of hydrogen-bond donors (Lipinski definition) is 0. The highest BCUT2D eigenvalue weighted by atomic mass is 32.2. The van der Waals surface area contributed by atoms with E-state index < -0.39 is 0 Å². The molecule has 1 fully saturated rings. The third-order valence-corrected chi connectivity index (χ3v) is 4.69. The van der Waals surface area contributed by atoms with Gasteiger partial charge in [-0.2, -0.15) is 0 Å². The molecule has 0 bridgehead atoms. The van der Waals surface area contributed by atoms with Gasteiger partial charge in [-0.25, -0.2) is 9.79 Å². The minimum absolute atomic E-state index is 0.240. The van der Waals surface area contributed by atoms with E-state index in [9.17, 15) is 14.4 Å². The molecular weight excluding hydrogens is 278 g/mol. The second-order valence-corrected chi connectivity index (χ2v) is 6.27. The minimum atomic E-state index is -0.377. The van der Waals surface area contributed by atoms with Gasteiger partial charge in [-0.15, -0.1) is 11.8 Å². The predicted octanol–water partition coefficient (Wildman–Crippen LogP) is 0.382. The molecule has 1 aromatic rings. The van der Waals surface area contributed by atoms with Crippen LogP contribution in [0.25, 0.3) is 0 Å². The van der Waals surface area contributed by atoms with Gasteiger partial charge in [0.1, 0.15) is 11.6 Å². The number of rotatable bonds is 3. The Morgan fingerprint density at radius 1 is 1.30 bits per heavy atom. The average Bonchev–Trinajstić information content (AvgIpc) is 3.20. The van der Waals surface area contributed by atoms with Crippen LogP contribution in [0.2, 0.25) is 0 Å². The minimum Gasteiger partial charge on any atom is -0.298 e. The smallest absolute Gasteiger partial charge is 0.298 e. The average molecular weight is 293 g/mol. The van der Waals surface area contributed by atoms with Crippen molar-refractivity contribution in [3.05, 3.63) is 26.4 Å². The highest BCUT2D eigenvalue weighted by Gasteiger charge is 2.30. The first kappa shape index (κ1) is 13.4. The molecule has 0 radical (unpaired) electrons. The zero-order valence-electron chi connectivity index (χ0n) is 11.4. The van der Waals surface area contributed by atoms with Gasteiger partial charge in [0, 0.05) is 26.4 Å². The summed E-state index contributed by atoms with van der Waals surface area (Å²) in [6.45, 7) is 0. The van der Waals surface area contributed by atoms with E-state index in [1.165, 1.54) is 23.4 Å². The fraction of sp³-hybridized carbons (Fsp3) is 0.538. The number of fused-ring (bicyclic) bond motifs is 1. The lowest BCUT2D eigenvalue weighted by Gasteiger charge is -2.05. The van der Waals surface area contributed by atoms with E-state index in [-0.39, 0.29) is 23.0 Å². The van der Waals surface area contributed by atoms with Crippen molar-refractivity contribution in [3.8, 4) is 0 Å². The number of hydrogen-bond acceptors (Lipinski definition) is 5. The molecule has 1 aromatic heterocycles. The number of thioether (sulfide) groups is 1. The summed E-state index contributed by atoms with van der Waals surface area (Å²) >= 11 is 1.38. The van der Waals surface area contributed by atoms with Gasteiger partial charge >= 0.3 is 5.69 Å². The van der Waals surface area contributed by atoms with Crippen LogP contribution in [0.1, 0.15) is 18.4 Å². The van der Waals surface area contributed by atoms with Crippen molar-refractivity contribution >= 4 is 28.4 Å². The van der Waals surface area contributed by atoms with E-state index in [0.29, 0.717) is 23.6 Å². The van der Waals surface area contributed by atoms with Crippen molar-refractivity contribution < 1.29 is 4.79 Å². The van der Waals surface area contributed by atoms with E-state index in [0.717, 1.165) is 22.5 Å². The second kappa shape index (κ2) is 4.73. The molecular formula is C13H15N3O3S. The summed E-state index contributed by atoms with van der Waals surface area (Å²) in [7, 11) is 3.07. The topological polar surface area (TPSA) is 73.4 Å². The Bertz CT molecular complexity index is 740. The molecule has 1 aliphatic carbocycles. The Balaban J connectivity index is 1.83. The molecule has 3 rings (SSSR count). The highest BCUT2D eigenvalue weighted by Crippen LogP contribution is 2.32. The van der Waals surface area contributed by atoms with Crippen molar-refractivity contribution in [3.63, 3.8) is 0 Å². The molecule has 0 amide bonds. The Morgan fingerprint density at radius 2 is 2.00 bits per heavy atom. The fourth-order valence-electron chi connectivity index (χ4n) is 2.27. The van der Waals surface area contributed by atoms with Gasteiger partial charge in [0.25, 0.3) is 5.56 Å². The number of carbonyl (C=O) groups is 1. The molecule has 0 aromatic carbocycles. The maximum absolute atomic E-state index is 12.0. The normalized spacial score (nSPS) is 17.0. The molecule has 6 nitrogen and oxygen atoms in total. The van der Waals surface area contributed by atoms with Crippen LogP contribution in [0.3, 0.4) is 0 Å². The maximum Gasteiger partial charge on any atom is 0.332 e. The van der Waals surface area contributed by atoms with E-state index >= 15 is 0 Å². The number of ketones is 1. The summed E-state index contributed by atoms with van der Waals surface area (Å²) < 4.78 is 2.48. The number of aliphatic imine (C=N–C) groups is 1. The van der Waals surface area contributed by atoms with Crippen molar-refractivity contribution in [1.29, 1.82) is 0 Å².